The van der Waals surface area contributed by atoms with E-state index in [1.165, 1.54) is 4.31 Å². The third-order valence-corrected chi connectivity index (χ3v) is 5.55. The minimum atomic E-state index is -3.36. The largest absolute Gasteiger partial charge is 0.326 e. The Kier molecular flexibility index (Phi) is 6.18. The minimum Gasteiger partial charge on any atom is -0.326 e. The Hall–Kier alpha value is -0.920. The van der Waals surface area contributed by atoms with E-state index in [1.807, 2.05) is 39.8 Å². The van der Waals surface area contributed by atoms with Gasteiger partial charge in [-0.05, 0) is 51.5 Å². The van der Waals surface area contributed by atoms with Crippen LogP contribution in [0.4, 0.5) is 5.69 Å². The van der Waals surface area contributed by atoms with Crippen LogP contribution in [0.25, 0.3) is 0 Å². The normalized spacial score (nSPS) is 12.5. The molecule has 0 radical (unpaired) electrons. The van der Waals surface area contributed by atoms with Crippen molar-refractivity contribution in [2.75, 3.05) is 18.1 Å². The predicted octanol–water partition coefficient (Wildman–Crippen LogP) is 3.15. The molecule has 0 fully saturated rings. The van der Waals surface area contributed by atoms with Gasteiger partial charge in [0.1, 0.15) is 0 Å². The smallest absolute Gasteiger partial charge is 0.225 e. The number of hydrogen-bond acceptors (Lipinski definition) is 3. The summed E-state index contributed by atoms with van der Waals surface area (Å²) < 4.78 is 26.0. The van der Waals surface area contributed by atoms with E-state index in [-0.39, 0.29) is 18.9 Å². The van der Waals surface area contributed by atoms with Crippen molar-refractivity contribution in [3.05, 3.63) is 28.2 Å². The number of benzene rings is 1. The van der Waals surface area contributed by atoms with Gasteiger partial charge in [-0.15, -0.1) is 0 Å². The van der Waals surface area contributed by atoms with Crippen molar-refractivity contribution in [3.63, 3.8) is 0 Å². The molecule has 0 spiro atoms. The van der Waals surface area contributed by atoms with E-state index >= 15 is 0 Å². The van der Waals surface area contributed by atoms with Gasteiger partial charge in [-0.2, -0.15) is 4.31 Å². The second kappa shape index (κ2) is 7.10. The van der Waals surface area contributed by atoms with E-state index in [9.17, 15) is 13.2 Å². The number of hydrogen-bond donors (Lipinski definition) is 1. The molecule has 1 rings (SSSR count). The topological polar surface area (TPSA) is 66.5 Å². The Morgan fingerprint density at radius 3 is 2.36 bits per heavy atom. The second-order valence-electron chi connectivity index (χ2n) is 6.27. The molecule has 124 valence electrons. The summed E-state index contributed by atoms with van der Waals surface area (Å²) in [6.45, 7) is 7.52. The number of anilines is 1. The number of aryl methyl sites for hydroxylation is 1. The first kappa shape index (κ1) is 19.1. The van der Waals surface area contributed by atoms with E-state index in [1.54, 1.807) is 6.07 Å². The number of nitrogens with zero attached hydrogens (tertiary/aromatic N) is 1. The van der Waals surface area contributed by atoms with Crippen LogP contribution in [0.3, 0.4) is 0 Å². The lowest BCUT2D eigenvalue weighted by Gasteiger charge is -2.33. The van der Waals surface area contributed by atoms with Crippen molar-refractivity contribution in [3.8, 4) is 0 Å². The molecule has 0 aliphatic rings. The molecule has 0 bridgehead atoms. The molecule has 1 amide bonds. The molecule has 1 aromatic carbocycles. The van der Waals surface area contributed by atoms with Crippen molar-refractivity contribution < 1.29 is 13.2 Å². The average molecular weight is 391 g/mol. The number of sulfonamides is 1. The predicted molar refractivity (Wildman–Crippen MR) is 93.4 cm³/mol. The van der Waals surface area contributed by atoms with Gasteiger partial charge in [-0.3, -0.25) is 4.79 Å². The molecule has 0 unspecified atom stereocenters. The molecule has 0 heterocycles. The first-order valence-corrected chi connectivity index (χ1v) is 9.59. The van der Waals surface area contributed by atoms with Gasteiger partial charge in [0.15, 0.2) is 0 Å². The van der Waals surface area contributed by atoms with Crippen molar-refractivity contribution >= 4 is 37.5 Å². The van der Waals surface area contributed by atoms with Gasteiger partial charge in [0.05, 0.1) is 6.26 Å². The number of carbonyl (C=O) groups is 1. The third kappa shape index (κ3) is 5.70. The van der Waals surface area contributed by atoms with Gasteiger partial charge in [0.2, 0.25) is 15.9 Å². The van der Waals surface area contributed by atoms with Gasteiger partial charge >= 0.3 is 0 Å². The highest BCUT2D eigenvalue weighted by atomic mass is 79.9. The summed E-state index contributed by atoms with van der Waals surface area (Å²) in [6, 6.07) is 5.52. The molecule has 1 N–H and O–H groups in total. The van der Waals surface area contributed by atoms with Crippen molar-refractivity contribution in [2.45, 2.75) is 39.7 Å². The zero-order valence-corrected chi connectivity index (χ0v) is 16.0. The SMILES string of the molecule is Cc1cc(NC(=O)CCN(C(C)(C)C)S(C)(=O)=O)ccc1Br. The molecule has 0 aliphatic carbocycles. The number of rotatable bonds is 5. The van der Waals surface area contributed by atoms with Gasteiger partial charge in [0, 0.05) is 28.7 Å². The van der Waals surface area contributed by atoms with Gasteiger partial charge in [-0.25, -0.2) is 8.42 Å². The van der Waals surface area contributed by atoms with E-state index in [2.05, 4.69) is 21.2 Å². The van der Waals surface area contributed by atoms with E-state index in [0.29, 0.717) is 5.69 Å². The van der Waals surface area contributed by atoms with Crippen LogP contribution in [0.1, 0.15) is 32.8 Å². The summed E-state index contributed by atoms with van der Waals surface area (Å²) in [5.41, 5.74) is 1.17. The van der Waals surface area contributed by atoms with Crippen LogP contribution in [0.2, 0.25) is 0 Å². The van der Waals surface area contributed by atoms with E-state index in [4.69, 9.17) is 0 Å². The summed E-state index contributed by atoms with van der Waals surface area (Å²) in [7, 11) is -3.36. The minimum absolute atomic E-state index is 0.111. The standard InChI is InChI=1S/C15H23BrN2O3S/c1-11-10-12(6-7-13(11)16)17-14(19)8-9-18(15(2,3)4)22(5,20)21/h6-7,10H,8-9H2,1-5H3,(H,17,19). The van der Waals surface area contributed by atoms with Crippen LogP contribution in [-0.2, 0) is 14.8 Å². The highest BCUT2D eigenvalue weighted by molar-refractivity contribution is 9.10. The number of nitrogens with one attached hydrogen (secondary N) is 1. The Labute approximate surface area is 141 Å². The lowest BCUT2D eigenvalue weighted by atomic mass is 10.1. The monoisotopic (exact) mass is 390 g/mol. The van der Waals surface area contributed by atoms with Crippen LogP contribution in [0, 0.1) is 6.92 Å². The molecule has 0 aliphatic heterocycles. The Morgan fingerprint density at radius 2 is 1.91 bits per heavy atom. The van der Waals surface area contributed by atoms with Crippen molar-refractivity contribution in [2.24, 2.45) is 0 Å². The van der Waals surface area contributed by atoms with Crippen molar-refractivity contribution in [1.29, 1.82) is 0 Å². The fourth-order valence-electron chi connectivity index (χ4n) is 2.15. The van der Waals surface area contributed by atoms with Crippen molar-refractivity contribution in [1.82, 2.24) is 4.31 Å². The highest BCUT2D eigenvalue weighted by Crippen LogP contribution is 2.21. The quantitative estimate of drug-likeness (QED) is 0.839. The van der Waals surface area contributed by atoms with Gasteiger partial charge in [-0.1, -0.05) is 15.9 Å². The lowest BCUT2D eigenvalue weighted by molar-refractivity contribution is -0.116. The van der Waals surface area contributed by atoms with Crippen LogP contribution in [0.5, 0.6) is 0 Å². The molecular weight excluding hydrogens is 368 g/mol. The maximum atomic E-state index is 12.0. The molecule has 0 aromatic heterocycles. The highest BCUT2D eigenvalue weighted by Gasteiger charge is 2.29. The first-order valence-electron chi connectivity index (χ1n) is 6.95. The average Bonchev–Trinajstić information content (AvgIpc) is 2.30. The van der Waals surface area contributed by atoms with E-state index < -0.39 is 15.6 Å². The Bertz CT molecular complexity index is 651. The molecule has 0 saturated carbocycles. The zero-order valence-electron chi connectivity index (χ0n) is 13.6. The molecule has 7 heteroatoms. The van der Waals surface area contributed by atoms with Crippen LogP contribution in [-0.4, -0.2) is 37.0 Å². The fraction of sp³-hybridized carbons (Fsp3) is 0.533. The molecule has 5 nitrogen and oxygen atoms in total. The maximum absolute atomic E-state index is 12.0. The summed E-state index contributed by atoms with van der Waals surface area (Å²) in [5, 5.41) is 2.79. The molecular formula is C15H23BrN2O3S. The van der Waals surface area contributed by atoms with Gasteiger partial charge in [0.25, 0.3) is 0 Å². The van der Waals surface area contributed by atoms with Crippen LogP contribution >= 0.6 is 15.9 Å². The summed E-state index contributed by atoms with van der Waals surface area (Å²) in [5.74, 6) is -0.209. The first-order chi connectivity index (χ1) is 9.91. The molecule has 1 aromatic rings. The maximum Gasteiger partial charge on any atom is 0.225 e. The van der Waals surface area contributed by atoms with Crippen LogP contribution in [0.15, 0.2) is 22.7 Å². The summed E-state index contributed by atoms with van der Waals surface area (Å²) in [6.07, 6.45) is 1.27. The Balaban J connectivity index is 2.70. The van der Waals surface area contributed by atoms with Crippen LogP contribution < -0.4 is 5.32 Å². The third-order valence-electron chi connectivity index (χ3n) is 3.13. The molecule has 0 saturated heterocycles. The number of carbonyl (C=O) groups excluding carboxylic acids is 1. The van der Waals surface area contributed by atoms with Gasteiger partial charge < -0.3 is 5.32 Å². The summed E-state index contributed by atoms with van der Waals surface area (Å²) >= 11 is 3.40. The second-order valence-corrected chi connectivity index (χ2v) is 9.03. The Morgan fingerprint density at radius 1 is 1.32 bits per heavy atom. The summed E-state index contributed by atoms with van der Waals surface area (Å²) in [4.78, 5) is 12.0. The fourth-order valence-corrected chi connectivity index (χ4v) is 3.81. The number of halogens is 1. The molecule has 0 atom stereocenters. The lowest BCUT2D eigenvalue weighted by Crippen LogP contribution is -2.46. The number of amides is 1. The zero-order chi connectivity index (χ0) is 17.1. The molecule has 22 heavy (non-hydrogen) atoms. The van der Waals surface area contributed by atoms with E-state index in [0.717, 1.165) is 16.3 Å².